The number of likely N-dealkylation sites (tertiary alicyclic amines) is 1. The molecule has 252 valence electrons. The summed E-state index contributed by atoms with van der Waals surface area (Å²) in [6.45, 7) is 8.95. The van der Waals surface area contributed by atoms with E-state index in [0.29, 0.717) is 50.8 Å². The minimum atomic E-state index is -0.587. The van der Waals surface area contributed by atoms with Crippen molar-refractivity contribution in [3.63, 3.8) is 0 Å². The number of hydrogen-bond donors (Lipinski definition) is 0. The molecule has 0 bridgehead atoms. The van der Waals surface area contributed by atoms with Gasteiger partial charge in [-0.2, -0.15) is 0 Å². The second-order valence-electron chi connectivity index (χ2n) is 12.6. The number of para-hydroxylation sites is 1. The van der Waals surface area contributed by atoms with Crippen LogP contribution >= 0.6 is 0 Å². The van der Waals surface area contributed by atoms with Gasteiger partial charge in [-0.25, -0.2) is 9.59 Å². The van der Waals surface area contributed by atoms with Crippen molar-refractivity contribution in [3.8, 4) is 17.2 Å². The van der Waals surface area contributed by atoms with Gasteiger partial charge < -0.3 is 38.1 Å². The predicted octanol–water partition coefficient (Wildman–Crippen LogP) is 6.54. The predicted molar refractivity (Wildman–Crippen MR) is 175 cm³/mol. The van der Waals surface area contributed by atoms with E-state index in [1.807, 2.05) is 63.2 Å². The van der Waals surface area contributed by atoms with Crippen LogP contribution in [0.1, 0.15) is 66.6 Å². The molecule has 0 aliphatic carbocycles. The second-order valence-corrected chi connectivity index (χ2v) is 12.6. The van der Waals surface area contributed by atoms with E-state index in [0.717, 1.165) is 41.0 Å². The number of carbonyl (C=O) groups is 2. The Morgan fingerprint density at radius 3 is 2.49 bits per heavy atom. The Bertz CT molecular complexity index is 1480. The molecule has 3 aromatic carbocycles. The molecule has 2 aliphatic rings. The quantitative estimate of drug-likeness (QED) is 0.143. The van der Waals surface area contributed by atoms with Gasteiger partial charge in [-0.15, -0.1) is 0 Å². The van der Waals surface area contributed by atoms with Crippen LogP contribution in [0.2, 0.25) is 0 Å². The number of cyclic esters (lactones) is 1. The van der Waals surface area contributed by atoms with Gasteiger partial charge in [0.25, 0.3) is 0 Å². The van der Waals surface area contributed by atoms with Crippen molar-refractivity contribution in [2.24, 2.45) is 0 Å². The molecule has 0 N–H and O–H groups in total. The van der Waals surface area contributed by atoms with E-state index < -0.39 is 5.60 Å². The molecule has 2 atom stereocenters. The number of rotatable bonds is 14. The second kappa shape index (κ2) is 16.0. The van der Waals surface area contributed by atoms with Gasteiger partial charge in [0.05, 0.1) is 51.7 Å². The zero-order chi connectivity index (χ0) is 33.2. The van der Waals surface area contributed by atoms with Crippen molar-refractivity contribution in [3.05, 3.63) is 89.0 Å². The summed E-state index contributed by atoms with van der Waals surface area (Å²) in [5, 5.41) is 0. The Hall–Kier alpha value is -4.28. The Kier molecular flexibility index (Phi) is 11.6. The molecule has 0 spiro atoms. The van der Waals surface area contributed by atoms with E-state index in [9.17, 15) is 9.59 Å². The molecule has 2 aliphatic heterocycles. The lowest BCUT2D eigenvalue weighted by molar-refractivity contribution is -0.0359. The molecule has 0 aromatic heterocycles. The number of ether oxygens (including phenoxy) is 7. The third-order valence-corrected chi connectivity index (χ3v) is 8.04. The zero-order valence-electron chi connectivity index (χ0n) is 27.7. The fourth-order valence-corrected chi connectivity index (χ4v) is 5.73. The van der Waals surface area contributed by atoms with Gasteiger partial charge in [0.2, 0.25) is 0 Å². The van der Waals surface area contributed by atoms with E-state index in [1.165, 1.54) is 0 Å². The van der Waals surface area contributed by atoms with Crippen molar-refractivity contribution in [2.45, 2.75) is 64.4 Å². The van der Waals surface area contributed by atoms with Crippen molar-refractivity contribution in [1.29, 1.82) is 0 Å². The smallest absolute Gasteiger partial charge is 0.410 e. The maximum absolute atomic E-state index is 12.9. The molecule has 2 unspecified atom stereocenters. The first-order chi connectivity index (χ1) is 22.7. The maximum Gasteiger partial charge on any atom is 0.410 e. The molecule has 10 heteroatoms. The highest BCUT2D eigenvalue weighted by molar-refractivity contribution is 5.94. The normalized spacial score (nSPS) is 17.5. The number of piperidine rings is 1. The molecule has 5 rings (SSSR count). The molecular formula is C37H45NO9. The summed E-state index contributed by atoms with van der Waals surface area (Å²) in [6, 6.07) is 21.3. The van der Waals surface area contributed by atoms with Crippen molar-refractivity contribution in [2.75, 3.05) is 46.6 Å². The van der Waals surface area contributed by atoms with Crippen LogP contribution in [0, 0.1) is 0 Å². The molecule has 1 amide bonds. The largest absolute Gasteiger partial charge is 0.496 e. The van der Waals surface area contributed by atoms with E-state index in [4.69, 9.17) is 33.2 Å². The summed E-state index contributed by atoms with van der Waals surface area (Å²) in [5.74, 6) is 1.96. The number of methoxy groups -OCH3 is 1. The van der Waals surface area contributed by atoms with Gasteiger partial charge in [-0.3, -0.25) is 0 Å². The molecule has 2 heterocycles. The standard InChI is InChI=1S/C37H45NO9/c1-37(2,3)47-36(40)38-18-17-29(34(23-38)45-22-21-44-33-12-7-10-30-31(33)25-46-35(30)39)26-13-15-28(16-14-26)43-20-8-19-42-24-27-9-5-6-11-32(27)41-4/h5-7,9-16,29,34H,8,17-25H2,1-4H3. The number of fused-ring (bicyclic) bond motifs is 1. The minimum Gasteiger partial charge on any atom is -0.496 e. The molecule has 0 radical (unpaired) electrons. The van der Waals surface area contributed by atoms with Gasteiger partial charge in [-0.1, -0.05) is 36.4 Å². The molecule has 0 saturated carbocycles. The number of amides is 1. The fourth-order valence-electron chi connectivity index (χ4n) is 5.73. The number of nitrogens with zero attached hydrogens (tertiary/aromatic N) is 1. The molecule has 3 aromatic rings. The lowest BCUT2D eigenvalue weighted by Crippen LogP contribution is -2.48. The van der Waals surface area contributed by atoms with Gasteiger partial charge in [-0.05, 0) is 63.1 Å². The van der Waals surface area contributed by atoms with Crippen LogP contribution in [0.15, 0.2) is 66.7 Å². The highest BCUT2D eigenvalue weighted by Gasteiger charge is 2.35. The number of esters is 1. The Balaban J connectivity index is 1.13. The van der Waals surface area contributed by atoms with Crippen LogP contribution in [-0.2, 0) is 32.2 Å². The van der Waals surface area contributed by atoms with Gasteiger partial charge in [0.15, 0.2) is 0 Å². The first-order valence-corrected chi connectivity index (χ1v) is 16.2. The topological polar surface area (TPSA) is 102 Å². The monoisotopic (exact) mass is 647 g/mol. The van der Waals surface area contributed by atoms with Crippen LogP contribution in [-0.4, -0.2) is 75.3 Å². The zero-order valence-corrected chi connectivity index (χ0v) is 27.7. The Morgan fingerprint density at radius 1 is 0.915 bits per heavy atom. The number of carbonyl (C=O) groups excluding carboxylic acids is 2. The van der Waals surface area contributed by atoms with E-state index >= 15 is 0 Å². The molecule has 1 saturated heterocycles. The third-order valence-electron chi connectivity index (χ3n) is 8.04. The van der Waals surface area contributed by atoms with Crippen LogP contribution in [0.5, 0.6) is 17.2 Å². The summed E-state index contributed by atoms with van der Waals surface area (Å²) < 4.78 is 40.3. The first-order valence-electron chi connectivity index (χ1n) is 16.2. The van der Waals surface area contributed by atoms with Crippen molar-refractivity contribution in [1.82, 2.24) is 4.90 Å². The highest BCUT2D eigenvalue weighted by Crippen LogP contribution is 2.33. The Labute approximate surface area is 276 Å². The maximum atomic E-state index is 12.9. The Morgan fingerprint density at radius 2 is 1.70 bits per heavy atom. The van der Waals surface area contributed by atoms with Crippen LogP contribution < -0.4 is 14.2 Å². The third kappa shape index (κ3) is 9.39. The van der Waals surface area contributed by atoms with E-state index in [2.05, 4.69) is 12.1 Å². The summed E-state index contributed by atoms with van der Waals surface area (Å²) in [5.41, 5.74) is 2.84. The van der Waals surface area contributed by atoms with E-state index in [-0.39, 0.29) is 37.3 Å². The fraction of sp³-hybridized carbons (Fsp3) is 0.459. The van der Waals surface area contributed by atoms with Crippen LogP contribution in [0.25, 0.3) is 0 Å². The first kappa shape index (κ1) is 34.1. The SMILES string of the molecule is COc1ccccc1COCCCOc1ccc(C2CCN(C(=O)OC(C)(C)C)CC2OCCOc2cccc3c2COC3=O)cc1. The number of hydrogen-bond acceptors (Lipinski definition) is 9. The highest BCUT2D eigenvalue weighted by atomic mass is 16.6. The molecule has 47 heavy (non-hydrogen) atoms. The minimum absolute atomic E-state index is 0.0677. The molecular weight excluding hydrogens is 602 g/mol. The average Bonchev–Trinajstić information content (AvgIpc) is 3.45. The van der Waals surface area contributed by atoms with Gasteiger partial charge in [0.1, 0.15) is 36.1 Å². The lowest BCUT2D eigenvalue weighted by atomic mass is 9.87. The number of benzene rings is 3. The van der Waals surface area contributed by atoms with Gasteiger partial charge >= 0.3 is 12.1 Å². The summed E-state index contributed by atoms with van der Waals surface area (Å²) in [4.78, 5) is 26.5. The van der Waals surface area contributed by atoms with Crippen molar-refractivity contribution < 1.29 is 42.7 Å². The van der Waals surface area contributed by atoms with Crippen LogP contribution in [0.3, 0.4) is 0 Å². The summed E-state index contributed by atoms with van der Waals surface area (Å²) in [6.07, 6.45) is 0.868. The van der Waals surface area contributed by atoms with E-state index in [1.54, 1.807) is 24.1 Å². The lowest BCUT2D eigenvalue weighted by Gasteiger charge is -2.39. The van der Waals surface area contributed by atoms with Crippen molar-refractivity contribution >= 4 is 12.1 Å². The van der Waals surface area contributed by atoms with Gasteiger partial charge in [0, 0.05) is 30.0 Å². The summed E-state index contributed by atoms with van der Waals surface area (Å²) >= 11 is 0. The van der Waals surface area contributed by atoms with Crippen LogP contribution in [0.4, 0.5) is 4.79 Å². The molecule has 10 nitrogen and oxygen atoms in total. The average molecular weight is 648 g/mol. The summed E-state index contributed by atoms with van der Waals surface area (Å²) in [7, 11) is 1.66. The molecule has 1 fully saturated rings.